The summed E-state index contributed by atoms with van der Waals surface area (Å²) in [7, 11) is 0. The molecule has 1 aliphatic rings. The Labute approximate surface area is 142 Å². The van der Waals surface area contributed by atoms with Crippen LogP contribution in [0.4, 0.5) is 10.1 Å². The maximum Gasteiger partial charge on any atom is 0.146 e. The van der Waals surface area contributed by atoms with Gasteiger partial charge in [0.15, 0.2) is 0 Å². The van der Waals surface area contributed by atoms with Gasteiger partial charge in [-0.25, -0.2) is 4.39 Å². The summed E-state index contributed by atoms with van der Waals surface area (Å²) in [6.07, 6.45) is 5.24. The van der Waals surface area contributed by atoms with Crippen molar-refractivity contribution in [3.63, 3.8) is 0 Å². The Balaban J connectivity index is 1.53. The molecule has 0 amide bonds. The molecule has 1 aliphatic carbocycles. The normalized spacial score (nSPS) is 21.5. The first kappa shape index (κ1) is 16.5. The number of anilines is 1. The lowest BCUT2D eigenvalue weighted by molar-refractivity contribution is 0.306. The number of hydrogen-bond acceptors (Lipinski definition) is 2. The molecule has 0 heterocycles. The predicted octanol–water partition coefficient (Wildman–Crippen LogP) is 5.39. The van der Waals surface area contributed by atoms with E-state index < -0.39 is 0 Å². The minimum absolute atomic E-state index is 0.305. The van der Waals surface area contributed by atoms with Crippen LogP contribution in [-0.4, -0.2) is 11.0 Å². The molecular formula is C20H23FN2O. The van der Waals surface area contributed by atoms with E-state index >= 15 is 0 Å². The SMILES string of the molecule is O/N=C(\CC1CCC(c2ccccc2)CC1)Nc1cccc(F)c1. The van der Waals surface area contributed by atoms with E-state index in [2.05, 4.69) is 40.8 Å². The molecule has 0 unspecified atom stereocenters. The van der Waals surface area contributed by atoms with Gasteiger partial charge in [-0.05, 0) is 61.3 Å². The zero-order valence-electron chi connectivity index (χ0n) is 13.7. The highest BCUT2D eigenvalue weighted by Gasteiger charge is 2.23. The van der Waals surface area contributed by atoms with E-state index in [0.29, 0.717) is 29.8 Å². The third kappa shape index (κ3) is 4.34. The Morgan fingerprint density at radius 2 is 1.79 bits per heavy atom. The van der Waals surface area contributed by atoms with Crippen LogP contribution >= 0.6 is 0 Å². The smallest absolute Gasteiger partial charge is 0.146 e. The Hall–Kier alpha value is -2.36. The van der Waals surface area contributed by atoms with Crippen molar-refractivity contribution >= 4 is 11.5 Å². The molecule has 0 atom stereocenters. The lowest BCUT2D eigenvalue weighted by Gasteiger charge is -2.29. The van der Waals surface area contributed by atoms with E-state index in [4.69, 9.17) is 0 Å². The zero-order chi connectivity index (χ0) is 16.8. The molecule has 1 fully saturated rings. The van der Waals surface area contributed by atoms with Crippen molar-refractivity contribution in [2.45, 2.75) is 38.0 Å². The molecule has 126 valence electrons. The number of nitrogens with zero attached hydrogens (tertiary/aromatic N) is 1. The van der Waals surface area contributed by atoms with Crippen LogP contribution in [0.25, 0.3) is 0 Å². The number of rotatable bonds is 4. The van der Waals surface area contributed by atoms with Crippen LogP contribution in [-0.2, 0) is 0 Å². The highest BCUT2D eigenvalue weighted by molar-refractivity contribution is 5.95. The summed E-state index contributed by atoms with van der Waals surface area (Å²) < 4.78 is 13.2. The van der Waals surface area contributed by atoms with Gasteiger partial charge in [0.1, 0.15) is 11.7 Å². The number of oxime groups is 1. The molecule has 3 rings (SSSR count). The first-order chi connectivity index (χ1) is 11.7. The molecule has 2 aromatic carbocycles. The maximum absolute atomic E-state index is 13.2. The molecule has 1 saturated carbocycles. The van der Waals surface area contributed by atoms with Gasteiger partial charge in [-0.1, -0.05) is 41.6 Å². The highest BCUT2D eigenvalue weighted by atomic mass is 19.1. The Morgan fingerprint density at radius 3 is 2.46 bits per heavy atom. The predicted molar refractivity (Wildman–Crippen MR) is 95.0 cm³/mol. The summed E-state index contributed by atoms with van der Waals surface area (Å²) in [5, 5.41) is 15.6. The molecule has 4 heteroatoms. The van der Waals surface area contributed by atoms with Crippen LogP contribution in [0.2, 0.25) is 0 Å². The average Bonchev–Trinajstić information content (AvgIpc) is 2.62. The van der Waals surface area contributed by atoms with Crippen molar-refractivity contribution in [2.75, 3.05) is 5.32 Å². The molecule has 0 aliphatic heterocycles. The van der Waals surface area contributed by atoms with Crippen LogP contribution < -0.4 is 5.32 Å². The Morgan fingerprint density at radius 1 is 1.04 bits per heavy atom. The minimum Gasteiger partial charge on any atom is -0.409 e. The number of halogens is 1. The average molecular weight is 326 g/mol. The van der Waals surface area contributed by atoms with Crippen LogP contribution in [0, 0.1) is 11.7 Å². The van der Waals surface area contributed by atoms with Gasteiger partial charge in [0.05, 0.1) is 0 Å². The molecule has 0 spiro atoms. The second-order valence-corrected chi connectivity index (χ2v) is 6.51. The molecule has 0 saturated heterocycles. The van der Waals surface area contributed by atoms with E-state index in [0.717, 1.165) is 25.7 Å². The lowest BCUT2D eigenvalue weighted by atomic mass is 9.77. The highest BCUT2D eigenvalue weighted by Crippen LogP contribution is 2.37. The number of benzene rings is 2. The van der Waals surface area contributed by atoms with Crippen LogP contribution in [0.5, 0.6) is 0 Å². The molecule has 2 aromatic rings. The van der Waals surface area contributed by atoms with Crippen LogP contribution in [0.3, 0.4) is 0 Å². The number of amidine groups is 1. The van der Waals surface area contributed by atoms with E-state index in [1.165, 1.54) is 17.7 Å². The van der Waals surface area contributed by atoms with E-state index in [-0.39, 0.29) is 5.82 Å². The summed E-state index contributed by atoms with van der Waals surface area (Å²) in [6, 6.07) is 16.9. The fourth-order valence-electron chi connectivity index (χ4n) is 3.55. The zero-order valence-corrected chi connectivity index (χ0v) is 13.7. The Bertz CT molecular complexity index is 679. The van der Waals surface area contributed by atoms with Gasteiger partial charge in [-0.3, -0.25) is 0 Å². The van der Waals surface area contributed by atoms with E-state index in [1.54, 1.807) is 12.1 Å². The third-order valence-electron chi connectivity index (χ3n) is 4.83. The monoisotopic (exact) mass is 326 g/mol. The fraction of sp³-hybridized carbons (Fsp3) is 0.350. The van der Waals surface area contributed by atoms with Crippen molar-refractivity contribution in [3.05, 3.63) is 66.0 Å². The molecule has 3 nitrogen and oxygen atoms in total. The van der Waals surface area contributed by atoms with Gasteiger partial charge in [0.2, 0.25) is 0 Å². The van der Waals surface area contributed by atoms with Crippen LogP contribution in [0.1, 0.15) is 43.6 Å². The molecule has 2 N–H and O–H groups in total. The van der Waals surface area contributed by atoms with E-state index in [1.807, 2.05) is 0 Å². The molecule has 0 aromatic heterocycles. The lowest BCUT2D eigenvalue weighted by Crippen LogP contribution is -2.21. The second kappa shape index (κ2) is 7.95. The summed E-state index contributed by atoms with van der Waals surface area (Å²) in [5.74, 6) is 1.33. The van der Waals surface area contributed by atoms with Crippen molar-refractivity contribution in [1.82, 2.24) is 0 Å². The molecular weight excluding hydrogens is 303 g/mol. The first-order valence-electron chi connectivity index (χ1n) is 8.53. The van der Waals surface area contributed by atoms with Gasteiger partial charge >= 0.3 is 0 Å². The topological polar surface area (TPSA) is 44.6 Å². The van der Waals surface area contributed by atoms with Crippen molar-refractivity contribution in [2.24, 2.45) is 11.1 Å². The largest absolute Gasteiger partial charge is 0.409 e. The molecule has 24 heavy (non-hydrogen) atoms. The van der Waals surface area contributed by atoms with Gasteiger partial charge < -0.3 is 10.5 Å². The summed E-state index contributed by atoms with van der Waals surface area (Å²) in [4.78, 5) is 0. The maximum atomic E-state index is 13.2. The van der Waals surface area contributed by atoms with Gasteiger partial charge in [-0.15, -0.1) is 0 Å². The molecule has 0 bridgehead atoms. The number of hydrogen-bond donors (Lipinski definition) is 2. The summed E-state index contributed by atoms with van der Waals surface area (Å²) in [6.45, 7) is 0. The van der Waals surface area contributed by atoms with Gasteiger partial charge in [0, 0.05) is 12.1 Å². The molecule has 0 radical (unpaired) electrons. The van der Waals surface area contributed by atoms with Gasteiger partial charge in [0.25, 0.3) is 0 Å². The fourth-order valence-corrected chi connectivity index (χ4v) is 3.55. The Kier molecular flexibility index (Phi) is 5.47. The quantitative estimate of drug-likeness (QED) is 0.342. The van der Waals surface area contributed by atoms with Crippen molar-refractivity contribution in [3.8, 4) is 0 Å². The van der Waals surface area contributed by atoms with Crippen LogP contribution in [0.15, 0.2) is 59.8 Å². The first-order valence-corrected chi connectivity index (χ1v) is 8.53. The van der Waals surface area contributed by atoms with Crippen molar-refractivity contribution in [1.29, 1.82) is 0 Å². The summed E-state index contributed by atoms with van der Waals surface area (Å²) in [5.41, 5.74) is 2.03. The van der Waals surface area contributed by atoms with Gasteiger partial charge in [-0.2, -0.15) is 0 Å². The second-order valence-electron chi connectivity index (χ2n) is 6.51. The van der Waals surface area contributed by atoms with Crippen molar-refractivity contribution < 1.29 is 9.60 Å². The minimum atomic E-state index is -0.305. The standard InChI is InChI=1S/C20H23FN2O/c21-18-7-4-8-19(14-18)22-20(23-24)13-15-9-11-17(12-10-15)16-5-2-1-3-6-16/h1-8,14-15,17,24H,9-13H2,(H,22,23). The third-order valence-corrected chi connectivity index (χ3v) is 4.83. The number of nitrogens with one attached hydrogen (secondary N) is 1. The summed E-state index contributed by atoms with van der Waals surface area (Å²) >= 11 is 0. The van der Waals surface area contributed by atoms with E-state index in [9.17, 15) is 9.60 Å².